The summed E-state index contributed by atoms with van der Waals surface area (Å²) < 4.78 is 4.52. The zero-order valence-corrected chi connectivity index (χ0v) is 10.7. The maximum atomic E-state index is 11.0. The Hall–Kier alpha value is -1.71. The molecule has 0 aromatic heterocycles. The van der Waals surface area contributed by atoms with Crippen molar-refractivity contribution in [3.8, 4) is 0 Å². The van der Waals surface area contributed by atoms with Crippen LogP contribution in [0.2, 0.25) is 0 Å². The molecule has 0 aliphatic rings. The van der Waals surface area contributed by atoms with Crippen molar-refractivity contribution in [3.05, 3.63) is 24.3 Å². The zero-order valence-electron chi connectivity index (χ0n) is 10.7. The van der Waals surface area contributed by atoms with E-state index in [2.05, 4.69) is 28.9 Å². The number of anilines is 2. The second-order valence-electron chi connectivity index (χ2n) is 3.94. The quantitative estimate of drug-likeness (QED) is 0.854. The van der Waals surface area contributed by atoms with E-state index in [1.807, 2.05) is 24.3 Å². The highest BCUT2D eigenvalue weighted by atomic mass is 16.5. The lowest BCUT2D eigenvalue weighted by Crippen LogP contribution is -2.18. The number of carbonyl (C=O) groups excluding carboxylic acids is 1. The topological polar surface area (TPSA) is 41.6 Å². The Morgan fingerprint density at radius 2 is 2.00 bits per heavy atom. The molecule has 0 aliphatic carbocycles. The Labute approximate surface area is 103 Å². The molecule has 0 heterocycles. The van der Waals surface area contributed by atoms with Crippen LogP contribution in [0.4, 0.5) is 16.2 Å². The van der Waals surface area contributed by atoms with E-state index in [1.165, 1.54) is 20.0 Å². The molecule has 0 unspecified atom stereocenters. The average Bonchev–Trinajstić information content (AvgIpc) is 2.36. The summed E-state index contributed by atoms with van der Waals surface area (Å²) in [6, 6.07) is 7.71. The maximum Gasteiger partial charge on any atom is 0.411 e. The molecule has 0 spiro atoms. The number of benzene rings is 1. The first-order valence-corrected chi connectivity index (χ1v) is 5.83. The van der Waals surface area contributed by atoms with Crippen LogP contribution >= 0.6 is 0 Å². The SMILES string of the molecule is CCCCN(C)c1ccc(NC(=O)OC)cc1. The number of methoxy groups -OCH3 is 1. The first-order chi connectivity index (χ1) is 8.17. The van der Waals surface area contributed by atoms with E-state index in [4.69, 9.17) is 0 Å². The molecule has 1 aromatic carbocycles. The number of nitrogens with zero attached hydrogens (tertiary/aromatic N) is 1. The summed E-state index contributed by atoms with van der Waals surface area (Å²) >= 11 is 0. The lowest BCUT2D eigenvalue weighted by atomic mass is 10.2. The van der Waals surface area contributed by atoms with Crippen LogP contribution in [0.5, 0.6) is 0 Å². The molecule has 0 saturated carbocycles. The molecule has 1 aromatic rings. The zero-order chi connectivity index (χ0) is 12.7. The van der Waals surface area contributed by atoms with Crippen LogP contribution in [-0.4, -0.2) is 26.8 Å². The van der Waals surface area contributed by atoms with Crippen molar-refractivity contribution in [2.24, 2.45) is 0 Å². The van der Waals surface area contributed by atoms with Crippen LogP contribution in [0.3, 0.4) is 0 Å². The van der Waals surface area contributed by atoms with Gasteiger partial charge in [0.2, 0.25) is 0 Å². The number of unbranched alkanes of at least 4 members (excludes halogenated alkanes) is 1. The molecule has 0 saturated heterocycles. The highest BCUT2D eigenvalue weighted by Crippen LogP contribution is 2.17. The van der Waals surface area contributed by atoms with E-state index in [0.717, 1.165) is 17.9 Å². The van der Waals surface area contributed by atoms with E-state index in [9.17, 15) is 4.79 Å². The van der Waals surface area contributed by atoms with Gasteiger partial charge in [-0.1, -0.05) is 13.3 Å². The van der Waals surface area contributed by atoms with Crippen molar-refractivity contribution in [1.29, 1.82) is 0 Å². The lowest BCUT2D eigenvalue weighted by molar-refractivity contribution is 0.187. The molecule has 1 amide bonds. The van der Waals surface area contributed by atoms with Gasteiger partial charge in [-0.05, 0) is 30.7 Å². The summed E-state index contributed by atoms with van der Waals surface area (Å²) in [7, 11) is 3.42. The fourth-order valence-electron chi connectivity index (χ4n) is 1.49. The van der Waals surface area contributed by atoms with Gasteiger partial charge < -0.3 is 9.64 Å². The third-order valence-electron chi connectivity index (χ3n) is 2.59. The molecule has 4 nitrogen and oxygen atoms in total. The fourth-order valence-corrected chi connectivity index (χ4v) is 1.49. The number of nitrogens with one attached hydrogen (secondary N) is 1. The Balaban J connectivity index is 2.57. The summed E-state index contributed by atoms with van der Waals surface area (Å²) in [4.78, 5) is 13.2. The molecular weight excluding hydrogens is 216 g/mol. The molecular formula is C13H20N2O2. The third kappa shape index (κ3) is 4.34. The minimum atomic E-state index is -0.447. The van der Waals surface area contributed by atoms with Gasteiger partial charge in [0.25, 0.3) is 0 Å². The standard InChI is InChI=1S/C13H20N2O2/c1-4-5-10-15(2)12-8-6-11(7-9-12)14-13(16)17-3/h6-9H,4-5,10H2,1-3H3,(H,14,16). The minimum absolute atomic E-state index is 0.447. The number of rotatable bonds is 5. The van der Waals surface area contributed by atoms with Crippen LogP contribution in [0.1, 0.15) is 19.8 Å². The van der Waals surface area contributed by atoms with Crippen LogP contribution in [-0.2, 0) is 4.74 Å². The van der Waals surface area contributed by atoms with Crippen LogP contribution in [0, 0.1) is 0 Å². The molecule has 1 rings (SSSR count). The van der Waals surface area contributed by atoms with E-state index < -0.39 is 6.09 Å². The number of hydrogen-bond acceptors (Lipinski definition) is 3. The number of amides is 1. The fraction of sp³-hybridized carbons (Fsp3) is 0.462. The Morgan fingerprint density at radius 3 is 2.53 bits per heavy atom. The van der Waals surface area contributed by atoms with Gasteiger partial charge >= 0.3 is 6.09 Å². The highest BCUT2D eigenvalue weighted by molar-refractivity contribution is 5.84. The van der Waals surface area contributed by atoms with Crippen LogP contribution < -0.4 is 10.2 Å². The molecule has 1 N–H and O–H groups in total. The van der Waals surface area contributed by atoms with E-state index in [1.54, 1.807) is 0 Å². The van der Waals surface area contributed by atoms with E-state index in [-0.39, 0.29) is 0 Å². The van der Waals surface area contributed by atoms with Crippen molar-refractivity contribution < 1.29 is 9.53 Å². The van der Waals surface area contributed by atoms with Crippen molar-refractivity contribution in [2.45, 2.75) is 19.8 Å². The van der Waals surface area contributed by atoms with Gasteiger partial charge in [0.15, 0.2) is 0 Å². The normalized spacial score (nSPS) is 9.82. The first-order valence-electron chi connectivity index (χ1n) is 5.83. The Kier molecular flexibility index (Phi) is 5.33. The number of hydrogen-bond donors (Lipinski definition) is 1. The third-order valence-corrected chi connectivity index (χ3v) is 2.59. The molecule has 17 heavy (non-hydrogen) atoms. The second-order valence-corrected chi connectivity index (χ2v) is 3.94. The molecule has 0 radical (unpaired) electrons. The number of ether oxygens (including phenoxy) is 1. The molecule has 0 fully saturated rings. The van der Waals surface area contributed by atoms with Gasteiger partial charge in [-0.2, -0.15) is 0 Å². The van der Waals surface area contributed by atoms with Gasteiger partial charge in [-0.25, -0.2) is 4.79 Å². The van der Waals surface area contributed by atoms with Gasteiger partial charge in [0.05, 0.1) is 7.11 Å². The molecule has 0 bridgehead atoms. The molecule has 4 heteroatoms. The summed E-state index contributed by atoms with van der Waals surface area (Å²) in [6.45, 7) is 3.22. The molecule has 0 atom stereocenters. The summed E-state index contributed by atoms with van der Waals surface area (Å²) in [5, 5.41) is 2.62. The average molecular weight is 236 g/mol. The monoisotopic (exact) mass is 236 g/mol. The second kappa shape index (κ2) is 6.78. The van der Waals surface area contributed by atoms with Crippen LogP contribution in [0.25, 0.3) is 0 Å². The van der Waals surface area contributed by atoms with Gasteiger partial charge in [-0.3, -0.25) is 5.32 Å². The largest absolute Gasteiger partial charge is 0.453 e. The Morgan fingerprint density at radius 1 is 1.35 bits per heavy atom. The van der Waals surface area contributed by atoms with E-state index in [0.29, 0.717) is 0 Å². The van der Waals surface area contributed by atoms with E-state index >= 15 is 0 Å². The smallest absolute Gasteiger partial charge is 0.411 e. The summed E-state index contributed by atoms with van der Waals surface area (Å²) in [5.41, 5.74) is 1.89. The maximum absolute atomic E-state index is 11.0. The highest BCUT2D eigenvalue weighted by Gasteiger charge is 2.02. The first kappa shape index (κ1) is 13.4. The van der Waals surface area contributed by atoms with Gasteiger partial charge in [0, 0.05) is 25.0 Å². The van der Waals surface area contributed by atoms with Crippen LogP contribution in [0.15, 0.2) is 24.3 Å². The van der Waals surface area contributed by atoms with Gasteiger partial charge in [0.1, 0.15) is 0 Å². The molecule has 0 aliphatic heterocycles. The molecule has 94 valence electrons. The van der Waals surface area contributed by atoms with Crippen molar-refractivity contribution in [3.63, 3.8) is 0 Å². The van der Waals surface area contributed by atoms with Crippen molar-refractivity contribution >= 4 is 17.5 Å². The number of carbonyl (C=O) groups is 1. The van der Waals surface area contributed by atoms with Gasteiger partial charge in [-0.15, -0.1) is 0 Å². The predicted molar refractivity (Wildman–Crippen MR) is 70.6 cm³/mol. The van der Waals surface area contributed by atoms with Crippen molar-refractivity contribution in [2.75, 3.05) is 30.9 Å². The van der Waals surface area contributed by atoms with Crippen molar-refractivity contribution in [1.82, 2.24) is 0 Å². The summed E-state index contributed by atoms with van der Waals surface area (Å²) in [6.07, 6.45) is 1.92. The minimum Gasteiger partial charge on any atom is -0.453 e. The Bertz CT molecular complexity index is 349. The summed E-state index contributed by atoms with van der Waals surface area (Å²) in [5.74, 6) is 0. The predicted octanol–water partition coefficient (Wildman–Crippen LogP) is 3.10. The lowest BCUT2D eigenvalue weighted by Gasteiger charge is -2.19.